The highest BCUT2D eigenvalue weighted by Crippen LogP contribution is 2.27. The van der Waals surface area contributed by atoms with E-state index in [1.54, 1.807) is 7.11 Å². The van der Waals surface area contributed by atoms with E-state index in [0.29, 0.717) is 5.76 Å². The van der Waals surface area contributed by atoms with Crippen molar-refractivity contribution in [1.82, 2.24) is 0 Å². The summed E-state index contributed by atoms with van der Waals surface area (Å²) in [6.07, 6.45) is 0.863. The van der Waals surface area contributed by atoms with Crippen LogP contribution in [-0.4, -0.2) is 12.9 Å². The van der Waals surface area contributed by atoms with Crippen LogP contribution in [0.5, 0.6) is 0 Å². The van der Waals surface area contributed by atoms with Crippen molar-refractivity contribution in [2.45, 2.75) is 20.3 Å². The number of ether oxygens (including phenoxy) is 1. The Morgan fingerprint density at radius 3 is 2.40 bits per heavy atom. The van der Waals surface area contributed by atoms with Gasteiger partial charge in [0, 0.05) is 5.92 Å². The molecule has 0 aromatic rings. The Morgan fingerprint density at radius 1 is 1.60 bits per heavy atom. The highest BCUT2D eigenvalue weighted by Gasteiger charge is 2.27. The molecule has 56 valence electrons. The van der Waals surface area contributed by atoms with Gasteiger partial charge in [-0.1, -0.05) is 6.92 Å². The van der Waals surface area contributed by atoms with Gasteiger partial charge in [0.25, 0.3) is 0 Å². The molecule has 2 nitrogen and oxygen atoms in total. The van der Waals surface area contributed by atoms with Crippen molar-refractivity contribution < 1.29 is 9.53 Å². The van der Waals surface area contributed by atoms with Gasteiger partial charge < -0.3 is 4.74 Å². The van der Waals surface area contributed by atoms with Gasteiger partial charge in [-0.25, -0.2) is 0 Å². The Kier molecular flexibility index (Phi) is 1.79. The fourth-order valence-corrected chi connectivity index (χ4v) is 1.35. The summed E-state index contributed by atoms with van der Waals surface area (Å²) in [7, 11) is 1.55. The Hall–Kier alpha value is -0.790. The number of carbonyl (C=O) groups is 1. The molecule has 0 unspecified atom stereocenters. The van der Waals surface area contributed by atoms with Crippen molar-refractivity contribution in [2.24, 2.45) is 5.92 Å². The number of Topliss-reactive ketones (excluding diaryl/α,β-unsaturated/α-hetero) is 1. The quantitative estimate of drug-likeness (QED) is 0.552. The van der Waals surface area contributed by atoms with Crippen LogP contribution in [0.2, 0.25) is 0 Å². The normalized spacial score (nSPS) is 25.9. The van der Waals surface area contributed by atoms with E-state index in [-0.39, 0.29) is 11.7 Å². The zero-order chi connectivity index (χ0) is 7.72. The first-order chi connectivity index (χ1) is 4.66. The van der Waals surface area contributed by atoms with Gasteiger partial charge in [0.05, 0.1) is 7.11 Å². The maximum atomic E-state index is 11.2. The summed E-state index contributed by atoms with van der Waals surface area (Å²) in [6.45, 7) is 3.87. The highest BCUT2D eigenvalue weighted by atomic mass is 16.5. The van der Waals surface area contributed by atoms with Gasteiger partial charge in [-0.2, -0.15) is 0 Å². The molecule has 1 rings (SSSR count). The number of hydrogen-bond donors (Lipinski definition) is 0. The Balaban J connectivity index is 2.85. The molecule has 0 aromatic carbocycles. The van der Waals surface area contributed by atoms with Gasteiger partial charge in [0.2, 0.25) is 0 Å². The Morgan fingerprint density at radius 2 is 2.20 bits per heavy atom. The van der Waals surface area contributed by atoms with E-state index in [2.05, 4.69) is 0 Å². The van der Waals surface area contributed by atoms with Crippen molar-refractivity contribution in [3.05, 3.63) is 11.3 Å². The van der Waals surface area contributed by atoms with Gasteiger partial charge >= 0.3 is 0 Å². The fourth-order valence-electron chi connectivity index (χ4n) is 1.35. The van der Waals surface area contributed by atoms with Gasteiger partial charge in [0.1, 0.15) is 0 Å². The minimum atomic E-state index is 0.134. The molecule has 0 N–H and O–H groups in total. The molecule has 1 atom stereocenters. The summed E-state index contributed by atoms with van der Waals surface area (Å²) in [4.78, 5) is 11.2. The lowest BCUT2D eigenvalue weighted by Crippen LogP contribution is -2.06. The van der Waals surface area contributed by atoms with Crippen molar-refractivity contribution in [1.29, 1.82) is 0 Å². The predicted molar refractivity (Wildman–Crippen MR) is 38.5 cm³/mol. The second kappa shape index (κ2) is 2.45. The van der Waals surface area contributed by atoms with Crippen LogP contribution >= 0.6 is 0 Å². The van der Waals surface area contributed by atoms with Gasteiger partial charge in [-0.15, -0.1) is 0 Å². The summed E-state index contributed by atoms with van der Waals surface area (Å²) < 4.78 is 4.94. The molecule has 2 heteroatoms. The molecule has 0 aromatic heterocycles. The number of carbonyl (C=O) groups excluding carboxylic acids is 1. The monoisotopic (exact) mass is 140 g/mol. The van der Waals surface area contributed by atoms with E-state index >= 15 is 0 Å². The molecule has 0 saturated heterocycles. The molecular weight excluding hydrogens is 128 g/mol. The van der Waals surface area contributed by atoms with Crippen molar-refractivity contribution in [3.8, 4) is 0 Å². The Bertz CT molecular complexity index is 191. The van der Waals surface area contributed by atoms with Crippen LogP contribution in [0, 0.1) is 5.92 Å². The highest BCUT2D eigenvalue weighted by molar-refractivity contribution is 5.98. The minimum Gasteiger partial charge on any atom is -0.493 e. The molecule has 1 aliphatic carbocycles. The van der Waals surface area contributed by atoms with Crippen molar-refractivity contribution >= 4 is 5.78 Å². The van der Waals surface area contributed by atoms with Crippen LogP contribution in [0.15, 0.2) is 11.3 Å². The van der Waals surface area contributed by atoms with Gasteiger partial charge in [-0.05, 0) is 18.9 Å². The topological polar surface area (TPSA) is 26.3 Å². The maximum absolute atomic E-state index is 11.2. The molecule has 0 spiro atoms. The Labute approximate surface area is 60.9 Å². The lowest BCUT2D eigenvalue weighted by Gasteiger charge is -1.99. The van der Waals surface area contributed by atoms with Crippen LogP contribution in [0.25, 0.3) is 0 Å². The molecular formula is C8H12O2. The second-order valence-electron chi connectivity index (χ2n) is 2.78. The standard InChI is InChI=1S/C8H12O2/c1-5-4-6(2)8(10-3)7(5)9/h5H,4H2,1-3H3/t5-/m1/s1. The molecule has 0 aliphatic heterocycles. The van der Waals surface area contributed by atoms with Crippen LogP contribution < -0.4 is 0 Å². The molecule has 1 aliphatic rings. The van der Waals surface area contributed by atoms with E-state index in [0.717, 1.165) is 12.0 Å². The first-order valence-electron chi connectivity index (χ1n) is 3.44. The van der Waals surface area contributed by atoms with Gasteiger partial charge in [-0.3, -0.25) is 4.79 Å². The SMILES string of the molecule is COC1=C(C)C[C@@H](C)C1=O. The average Bonchev–Trinajstić information content (AvgIpc) is 2.09. The molecule has 0 amide bonds. The zero-order valence-corrected chi connectivity index (χ0v) is 6.60. The molecule has 10 heavy (non-hydrogen) atoms. The van der Waals surface area contributed by atoms with E-state index in [1.807, 2.05) is 13.8 Å². The molecule has 0 saturated carbocycles. The smallest absolute Gasteiger partial charge is 0.200 e. The minimum absolute atomic E-state index is 0.134. The summed E-state index contributed by atoms with van der Waals surface area (Å²) in [5.41, 5.74) is 1.08. The molecule has 0 radical (unpaired) electrons. The number of allylic oxidation sites excluding steroid dienone is 2. The summed E-state index contributed by atoms with van der Waals surface area (Å²) in [5, 5.41) is 0. The lowest BCUT2D eigenvalue weighted by atomic mass is 10.1. The average molecular weight is 140 g/mol. The third-order valence-electron chi connectivity index (χ3n) is 1.88. The first kappa shape index (κ1) is 7.32. The largest absolute Gasteiger partial charge is 0.493 e. The molecule has 0 bridgehead atoms. The van der Waals surface area contributed by atoms with Crippen LogP contribution in [0.1, 0.15) is 20.3 Å². The van der Waals surface area contributed by atoms with Crippen LogP contribution in [0.4, 0.5) is 0 Å². The van der Waals surface area contributed by atoms with Crippen molar-refractivity contribution in [3.63, 3.8) is 0 Å². The number of methoxy groups -OCH3 is 1. The number of hydrogen-bond acceptors (Lipinski definition) is 2. The summed E-state index contributed by atoms with van der Waals surface area (Å²) >= 11 is 0. The third-order valence-corrected chi connectivity index (χ3v) is 1.88. The number of rotatable bonds is 1. The van der Waals surface area contributed by atoms with Crippen LogP contribution in [0.3, 0.4) is 0 Å². The fraction of sp³-hybridized carbons (Fsp3) is 0.625. The van der Waals surface area contributed by atoms with E-state index in [1.165, 1.54) is 0 Å². The zero-order valence-electron chi connectivity index (χ0n) is 6.60. The second-order valence-corrected chi connectivity index (χ2v) is 2.78. The van der Waals surface area contributed by atoms with Gasteiger partial charge in [0.15, 0.2) is 11.5 Å². The maximum Gasteiger partial charge on any atom is 0.200 e. The van der Waals surface area contributed by atoms with E-state index in [4.69, 9.17) is 4.74 Å². The first-order valence-corrected chi connectivity index (χ1v) is 3.44. The third kappa shape index (κ3) is 0.939. The van der Waals surface area contributed by atoms with E-state index in [9.17, 15) is 4.79 Å². The summed E-state index contributed by atoms with van der Waals surface area (Å²) in [5.74, 6) is 0.863. The lowest BCUT2D eigenvalue weighted by molar-refractivity contribution is -0.120. The summed E-state index contributed by atoms with van der Waals surface area (Å²) in [6, 6.07) is 0. The van der Waals surface area contributed by atoms with Crippen LogP contribution in [-0.2, 0) is 9.53 Å². The van der Waals surface area contributed by atoms with E-state index < -0.39 is 0 Å². The molecule has 0 heterocycles. The van der Waals surface area contributed by atoms with Crippen molar-refractivity contribution in [2.75, 3.05) is 7.11 Å². The number of ketones is 1. The molecule has 0 fully saturated rings. The predicted octanol–water partition coefficient (Wildman–Crippen LogP) is 1.52.